The van der Waals surface area contributed by atoms with Gasteiger partial charge in [0, 0.05) is 6.04 Å². The maximum absolute atomic E-state index is 3.50. The van der Waals surface area contributed by atoms with E-state index in [4.69, 9.17) is 0 Å². The first-order valence-electron chi connectivity index (χ1n) is 5.01. The van der Waals surface area contributed by atoms with E-state index in [1.165, 1.54) is 25.8 Å². The molecule has 0 aromatic rings. The van der Waals surface area contributed by atoms with Gasteiger partial charge in [-0.3, -0.25) is 0 Å². The first kappa shape index (κ1) is 9.79. The van der Waals surface area contributed by atoms with Crippen molar-refractivity contribution in [2.24, 2.45) is 5.41 Å². The molecule has 0 saturated carbocycles. The molecular formula is C11H21N. The van der Waals surface area contributed by atoms with Crippen molar-refractivity contribution in [3.8, 4) is 0 Å². The Bertz CT molecular complexity index is 147. The minimum absolute atomic E-state index is 0.332. The summed E-state index contributed by atoms with van der Waals surface area (Å²) in [6.45, 7) is 7.92. The average molecular weight is 167 g/mol. The van der Waals surface area contributed by atoms with E-state index >= 15 is 0 Å². The van der Waals surface area contributed by atoms with Gasteiger partial charge in [0.05, 0.1) is 0 Å². The van der Waals surface area contributed by atoms with Crippen LogP contribution in [0.1, 0.15) is 40.0 Å². The second-order valence-electron chi connectivity index (χ2n) is 4.78. The molecule has 0 amide bonds. The summed E-state index contributed by atoms with van der Waals surface area (Å²) >= 11 is 0. The van der Waals surface area contributed by atoms with Crippen molar-refractivity contribution in [2.75, 3.05) is 6.54 Å². The fraction of sp³-hybridized carbons (Fsp3) is 0.818. The Balaban J connectivity index is 2.33. The molecule has 0 aromatic carbocycles. The minimum Gasteiger partial charge on any atom is -0.311 e. The summed E-state index contributed by atoms with van der Waals surface area (Å²) in [6.07, 6.45) is 8.69. The summed E-state index contributed by atoms with van der Waals surface area (Å²) in [7, 11) is 0. The SMILES string of the molecule is CC(C)(C)/C=C/C1CCCCN1. The Labute approximate surface area is 76.2 Å². The van der Waals surface area contributed by atoms with Crippen molar-refractivity contribution < 1.29 is 0 Å². The van der Waals surface area contributed by atoms with Crippen LogP contribution in [0.3, 0.4) is 0 Å². The highest BCUT2D eigenvalue weighted by atomic mass is 14.9. The van der Waals surface area contributed by atoms with Crippen molar-refractivity contribution >= 4 is 0 Å². The average Bonchev–Trinajstić information content (AvgIpc) is 2.02. The lowest BCUT2D eigenvalue weighted by molar-refractivity contribution is 0.448. The summed E-state index contributed by atoms with van der Waals surface area (Å²) in [5.74, 6) is 0. The van der Waals surface area contributed by atoms with Crippen molar-refractivity contribution in [2.45, 2.75) is 46.1 Å². The number of rotatable bonds is 1. The molecule has 1 rings (SSSR count). The molecule has 0 aliphatic carbocycles. The van der Waals surface area contributed by atoms with E-state index in [2.05, 4.69) is 38.2 Å². The quantitative estimate of drug-likeness (QED) is 0.592. The number of piperidine rings is 1. The van der Waals surface area contributed by atoms with E-state index in [9.17, 15) is 0 Å². The van der Waals surface area contributed by atoms with Gasteiger partial charge < -0.3 is 5.32 Å². The van der Waals surface area contributed by atoms with Crippen molar-refractivity contribution in [3.63, 3.8) is 0 Å². The molecule has 0 radical (unpaired) electrons. The van der Waals surface area contributed by atoms with E-state index in [0.717, 1.165) is 0 Å². The molecule has 1 fully saturated rings. The third-order valence-electron chi connectivity index (χ3n) is 2.18. The molecule has 1 unspecified atom stereocenters. The summed E-state index contributed by atoms with van der Waals surface area (Å²) in [4.78, 5) is 0. The maximum atomic E-state index is 3.50. The van der Waals surface area contributed by atoms with Crippen LogP contribution in [-0.2, 0) is 0 Å². The first-order valence-corrected chi connectivity index (χ1v) is 5.01. The van der Waals surface area contributed by atoms with E-state index in [0.29, 0.717) is 11.5 Å². The van der Waals surface area contributed by atoms with E-state index in [-0.39, 0.29) is 0 Å². The van der Waals surface area contributed by atoms with Crippen LogP contribution in [-0.4, -0.2) is 12.6 Å². The second-order valence-corrected chi connectivity index (χ2v) is 4.78. The number of allylic oxidation sites excluding steroid dienone is 1. The third kappa shape index (κ3) is 3.91. The van der Waals surface area contributed by atoms with E-state index < -0.39 is 0 Å². The van der Waals surface area contributed by atoms with Crippen LogP contribution in [0.5, 0.6) is 0 Å². The van der Waals surface area contributed by atoms with Crippen LogP contribution < -0.4 is 5.32 Å². The van der Waals surface area contributed by atoms with Gasteiger partial charge in [0.15, 0.2) is 0 Å². The van der Waals surface area contributed by atoms with Crippen molar-refractivity contribution in [1.82, 2.24) is 5.32 Å². The molecule has 0 spiro atoms. The third-order valence-corrected chi connectivity index (χ3v) is 2.18. The number of nitrogens with one attached hydrogen (secondary N) is 1. The summed E-state index contributed by atoms with van der Waals surface area (Å²) in [6, 6.07) is 0.637. The van der Waals surface area contributed by atoms with Gasteiger partial charge in [0.2, 0.25) is 0 Å². The van der Waals surface area contributed by atoms with Crippen molar-refractivity contribution in [1.29, 1.82) is 0 Å². The molecule has 12 heavy (non-hydrogen) atoms. The monoisotopic (exact) mass is 167 g/mol. The Morgan fingerprint density at radius 1 is 1.25 bits per heavy atom. The van der Waals surface area contributed by atoms with Gasteiger partial charge in [0.1, 0.15) is 0 Å². The summed E-state index contributed by atoms with van der Waals surface area (Å²) < 4.78 is 0. The predicted molar refractivity (Wildman–Crippen MR) is 54.2 cm³/mol. The number of hydrogen-bond acceptors (Lipinski definition) is 1. The van der Waals surface area contributed by atoms with Gasteiger partial charge in [-0.1, -0.05) is 39.3 Å². The largest absolute Gasteiger partial charge is 0.311 e. The highest BCUT2D eigenvalue weighted by Gasteiger charge is 2.10. The molecule has 0 bridgehead atoms. The van der Waals surface area contributed by atoms with Gasteiger partial charge in [-0.25, -0.2) is 0 Å². The van der Waals surface area contributed by atoms with Crippen LogP contribution in [0.4, 0.5) is 0 Å². The van der Waals surface area contributed by atoms with Crippen LogP contribution in [0.15, 0.2) is 12.2 Å². The topological polar surface area (TPSA) is 12.0 Å². The summed E-state index contributed by atoms with van der Waals surface area (Å²) in [5, 5.41) is 3.50. The highest BCUT2D eigenvalue weighted by Crippen LogP contribution is 2.16. The zero-order valence-corrected chi connectivity index (χ0v) is 8.56. The van der Waals surface area contributed by atoms with Gasteiger partial charge >= 0.3 is 0 Å². The molecule has 1 atom stereocenters. The standard InChI is InChI=1S/C11H21N/c1-11(2,3)8-7-10-6-4-5-9-12-10/h7-8,10,12H,4-6,9H2,1-3H3/b8-7+. The zero-order chi connectivity index (χ0) is 9.03. The Morgan fingerprint density at radius 3 is 2.50 bits per heavy atom. The Morgan fingerprint density at radius 2 is 2.00 bits per heavy atom. The predicted octanol–water partition coefficient (Wildman–Crippen LogP) is 2.73. The number of hydrogen-bond donors (Lipinski definition) is 1. The zero-order valence-electron chi connectivity index (χ0n) is 8.56. The molecule has 70 valence electrons. The fourth-order valence-corrected chi connectivity index (χ4v) is 1.45. The minimum atomic E-state index is 0.332. The normalized spacial score (nSPS) is 26.4. The molecule has 1 saturated heterocycles. The van der Waals surface area contributed by atoms with E-state index in [1.54, 1.807) is 0 Å². The van der Waals surface area contributed by atoms with Gasteiger partial charge in [-0.15, -0.1) is 0 Å². The maximum Gasteiger partial charge on any atom is 0.0250 e. The lowest BCUT2D eigenvalue weighted by atomic mass is 9.94. The van der Waals surface area contributed by atoms with Gasteiger partial charge in [-0.05, 0) is 24.8 Å². The lowest BCUT2D eigenvalue weighted by Gasteiger charge is -2.21. The molecule has 1 heterocycles. The molecule has 0 aromatic heterocycles. The van der Waals surface area contributed by atoms with Crippen LogP contribution >= 0.6 is 0 Å². The van der Waals surface area contributed by atoms with Gasteiger partial charge in [-0.2, -0.15) is 0 Å². The van der Waals surface area contributed by atoms with Crippen molar-refractivity contribution in [3.05, 3.63) is 12.2 Å². The Kier molecular flexibility index (Phi) is 3.33. The second kappa shape index (κ2) is 4.08. The van der Waals surface area contributed by atoms with E-state index in [1.807, 2.05) is 0 Å². The molecular weight excluding hydrogens is 146 g/mol. The molecule has 1 aliphatic heterocycles. The van der Waals surface area contributed by atoms with Gasteiger partial charge in [0.25, 0.3) is 0 Å². The molecule has 1 aliphatic rings. The smallest absolute Gasteiger partial charge is 0.0250 e. The highest BCUT2D eigenvalue weighted by molar-refractivity contribution is 4.99. The lowest BCUT2D eigenvalue weighted by Crippen LogP contribution is -2.32. The van der Waals surface area contributed by atoms with Crippen LogP contribution in [0.2, 0.25) is 0 Å². The van der Waals surface area contributed by atoms with Crippen LogP contribution in [0.25, 0.3) is 0 Å². The summed E-state index contributed by atoms with van der Waals surface area (Å²) in [5.41, 5.74) is 0.332. The first-order chi connectivity index (χ1) is 5.58. The molecule has 1 heteroatoms. The molecule has 1 nitrogen and oxygen atoms in total. The Hall–Kier alpha value is -0.300. The molecule has 1 N–H and O–H groups in total. The van der Waals surface area contributed by atoms with Crippen LogP contribution in [0, 0.1) is 5.41 Å². The fourth-order valence-electron chi connectivity index (χ4n) is 1.45.